The minimum atomic E-state index is -0.494. The monoisotopic (exact) mass is 266 g/mol. The van der Waals surface area contributed by atoms with Gasteiger partial charge in [0.25, 0.3) is 0 Å². The fourth-order valence-corrected chi connectivity index (χ4v) is 3.35. The smallest absolute Gasteiger partial charge is 0.317 e. The molecular weight excluding hydrogens is 252 g/mol. The molecule has 6 heteroatoms. The first-order valence-corrected chi connectivity index (χ1v) is 6.59. The highest BCUT2D eigenvalue weighted by Crippen LogP contribution is 2.40. The zero-order valence-electron chi connectivity index (χ0n) is 10.3. The third-order valence-electron chi connectivity index (χ3n) is 4.40. The van der Waals surface area contributed by atoms with Crippen molar-refractivity contribution in [3.8, 4) is 0 Å². The molecule has 3 rings (SSSR count). The highest BCUT2D eigenvalue weighted by atomic mass is 16.6. The topological polar surface area (TPSA) is 86.7 Å². The molecule has 2 aliphatic heterocycles. The summed E-state index contributed by atoms with van der Waals surface area (Å²) in [4.78, 5) is 46.4. The summed E-state index contributed by atoms with van der Waals surface area (Å²) in [5.41, 5.74) is 0. The highest BCUT2D eigenvalue weighted by Gasteiger charge is 2.49. The summed E-state index contributed by atoms with van der Waals surface area (Å²) in [5.74, 6) is -3.65. The first-order valence-electron chi connectivity index (χ1n) is 6.59. The van der Waals surface area contributed by atoms with Gasteiger partial charge in [0.2, 0.25) is 0 Å². The van der Waals surface area contributed by atoms with Crippen LogP contribution in [-0.2, 0) is 28.7 Å². The quantitative estimate of drug-likeness (QED) is 0.471. The first kappa shape index (κ1) is 12.3. The second-order valence-corrected chi connectivity index (χ2v) is 5.41. The van der Waals surface area contributed by atoms with Crippen molar-refractivity contribution < 1.29 is 28.7 Å². The molecule has 0 aromatic carbocycles. The Morgan fingerprint density at radius 2 is 0.895 bits per heavy atom. The Bertz CT molecular complexity index is 426. The summed E-state index contributed by atoms with van der Waals surface area (Å²) in [6.07, 6.45) is 2.48. The molecule has 3 aliphatic rings. The Balaban J connectivity index is 1.81. The van der Waals surface area contributed by atoms with Gasteiger partial charge in [0.1, 0.15) is 0 Å². The van der Waals surface area contributed by atoms with Crippen LogP contribution in [-0.4, -0.2) is 23.9 Å². The van der Waals surface area contributed by atoms with E-state index in [1.54, 1.807) is 0 Å². The fourth-order valence-electron chi connectivity index (χ4n) is 3.35. The molecule has 0 aromatic heterocycles. The van der Waals surface area contributed by atoms with Crippen molar-refractivity contribution in [2.75, 3.05) is 0 Å². The summed E-state index contributed by atoms with van der Waals surface area (Å²) in [5, 5.41) is 0. The van der Waals surface area contributed by atoms with Crippen LogP contribution < -0.4 is 0 Å². The molecule has 4 atom stereocenters. The number of carbonyl (C=O) groups is 4. The van der Waals surface area contributed by atoms with Crippen LogP contribution in [0.15, 0.2) is 0 Å². The molecule has 6 nitrogen and oxygen atoms in total. The van der Waals surface area contributed by atoms with Gasteiger partial charge in [0, 0.05) is 0 Å². The van der Waals surface area contributed by atoms with E-state index in [-0.39, 0.29) is 0 Å². The average molecular weight is 266 g/mol. The van der Waals surface area contributed by atoms with E-state index in [4.69, 9.17) is 0 Å². The van der Waals surface area contributed by atoms with Crippen LogP contribution >= 0.6 is 0 Å². The first-order chi connectivity index (χ1) is 9.08. The third kappa shape index (κ3) is 1.95. The zero-order valence-corrected chi connectivity index (χ0v) is 10.3. The van der Waals surface area contributed by atoms with Crippen LogP contribution in [0.25, 0.3) is 0 Å². The number of ether oxygens (including phenoxy) is 2. The number of carbonyl (C=O) groups excluding carboxylic acids is 4. The lowest BCUT2D eigenvalue weighted by molar-refractivity contribution is -0.156. The van der Waals surface area contributed by atoms with E-state index < -0.39 is 47.5 Å². The van der Waals surface area contributed by atoms with E-state index in [9.17, 15) is 19.2 Å². The summed E-state index contributed by atoms with van der Waals surface area (Å²) < 4.78 is 9.32. The Morgan fingerprint density at radius 1 is 0.579 bits per heavy atom. The Hall–Kier alpha value is -1.72. The number of cyclic esters (lactones) is 4. The van der Waals surface area contributed by atoms with Crippen LogP contribution in [0.2, 0.25) is 0 Å². The van der Waals surface area contributed by atoms with Crippen LogP contribution in [0.5, 0.6) is 0 Å². The average Bonchev–Trinajstić information content (AvgIpc) is 2.79. The lowest BCUT2D eigenvalue weighted by Gasteiger charge is -2.12. The van der Waals surface area contributed by atoms with Gasteiger partial charge in [-0.05, 0) is 25.7 Å². The lowest BCUT2D eigenvalue weighted by atomic mass is 9.85. The van der Waals surface area contributed by atoms with Crippen LogP contribution in [0, 0.1) is 23.7 Å². The van der Waals surface area contributed by atoms with Gasteiger partial charge in [-0.3, -0.25) is 19.2 Å². The van der Waals surface area contributed by atoms with Crippen LogP contribution in [0.1, 0.15) is 32.1 Å². The zero-order chi connectivity index (χ0) is 13.6. The van der Waals surface area contributed by atoms with Crippen molar-refractivity contribution >= 4 is 23.9 Å². The standard InChI is InChI=1S/C13H14O6/c14-10-6-2-1-3-7-9(13(17)19-11(7)15)5-4-8(6)12(16)18-10/h6-9H,1-5H2/t6-,7?,8?,9?/m1/s1. The molecule has 2 saturated heterocycles. The van der Waals surface area contributed by atoms with E-state index >= 15 is 0 Å². The molecule has 0 amide bonds. The number of esters is 4. The van der Waals surface area contributed by atoms with E-state index in [2.05, 4.69) is 9.47 Å². The van der Waals surface area contributed by atoms with E-state index in [0.29, 0.717) is 32.1 Å². The molecule has 3 unspecified atom stereocenters. The van der Waals surface area contributed by atoms with E-state index in [1.165, 1.54) is 0 Å². The van der Waals surface area contributed by atoms with Crippen molar-refractivity contribution in [2.24, 2.45) is 23.7 Å². The summed E-state index contributed by atoms with van der Waals surface area (Å²) >= 11 is 0. The maximum absolute atomic E-state index is 11.6. The minimum absolute atomic E-state index is 0.402. The summed E-state index contributed by atoms with van der Waals surface area (Å²) in [6.45, 7) is 0. The lowest BCUT2D eigenvalue weighted by Crippen LogP contribution is -2.20. The molecule has 1 saturated carbocycles. The Labute approximate surface area is 109 Å². The van der Waals surface area contributed by atoms with E-state index in [1.807, 2.05) is 0 Å². The normalized spacial score (nSPS) is 38.7. The van der Waals surface area contributed by atoms with Gasteiger partial charge in [0.05, 0.1) is 23.7 Å². The van der Waals surface area contributed by atoms with Crippen molar-refractivity contribution in [3.05, 3.63) is 0 Å². The third-order valence-corrected chi connectivity index (χ3v) is 4.40. The van der Waals surface area contributed by atoms with Crippen LogP contribution in [0.3, 0.4) is 0 Å². The number of hydrogen-bond donors (Lipinski definition) is 0. The number of fused-ring (bicyclic) bond motifs is 2. The predicted octanol–water partition coefficient (Wildman–Crippen LogP) is 0.582. The molecule has 102 valence electrons. The molecule has 2 heterocycles. The molecule has 0 aromatic rings. The van der Waals surface area contributed by atoms with Crippen LogP contribution in [0.4, 0.5) is 0 Å². The van der Waals surface area contributed by atoms with Crippen molar-refractivity contribution in [3.63, 3.8) is 0 Å². The van der Waals surface area contributed by atoms with Gasteiger partial charge in [0.15, 0.2) is 0 Å². The molecular formula is C13H14O6. The number of rotatable bonds is 0. The van der Waals surface area contributed by atoms with Crippen molar-refractivity contribution in [2.45, 2.75) is 32.1 Å². The van der Waals surface area contributed by atoms with E-state index in [0.717, 1.165) is 0 Å². The van der Waals surface area contributed by atoms with Gasteiger partial charge >= 0.3 is 23.9 Å². The molecule has 19 heavy (non-hydrogen) atoms. The second kappa shape index (κ2) is 4.43. The van der Waals surface area contributed by atoms with Gasteiger partial charge in [-0.25, -0.2) is 0 Å². The van der Waals surface area contributed by atoms with Gasteiger partial charge < -0.3 is 9.47 Å². The molecule has 3 fully saturated rings. The van der Waals surface area contributed by atoms with Crippen molar-refractivity contribution in [1.82, 2.24) is 0 Å². The van der Waals surface area contributed by atoms with Gasteiger partial charge in [-0.1, -0.05) is 6.42 Å². The van der Waals surface area contributed by atoms with Gasteiger partial charge in [-0.2, -0.15) is 0 Å². The Kier molecular flexibility index (Phi) is 2.88. The Morgan fingerprint density at radius 3 is 1.26 bits per heavy atom. The SMILES string of the molecule is O=C1OC(=O)C2CCC3C(=O)OC(=O)[C@@H]3CCCC12. The fraction of sp³-hybridized carbons (Fsp3) is 0.692. The highest BCUT2D eigenvalue weighted by molar-refractivity contribution is 5.97. The summed E-state index contributed by atoms with van der Waals surface area (Å²) in [7, 11) is 0. The minimum Gasteiger partial charge on any atom is -0.393 e. The van der Waals surface area contributed by atoms with Gasteiger partial charge in [-0.15, -0.1) is 0 Å². The number of hydrogen-bond acceptors (Lipinski definition) is 6. The maximum atomic E-state index is 11.6. The second-order valence-electron chi connectivity index (χ2n) is 5.41. The summed E-state index contributed by atoms with van der Waals surface area (Å²) in [6, 6.07) is 0. The predicted molar refractivity (Wildman–Crippen MR) is 59.2 cm³/mol. The van der Waals surface area contributed by atoms with Crippen molar-refractivity contribution in [1.29, 1.82) is 0 Å². The molecule has 0 bridgehead atoms. The molecule has 0 spiro atoms. The maximum Gasteiger partial charge on any atom is 0.317 e. The molecule has 0 N–H and O–H groups in total. The largest absolute Gasteiger partial charge is 0.393 e. The molecule has 0 radical (unpaired) electrons. The molecule has 1 aliphatic carbocycles.